The number of piperidine rings is 1. The van der Waals surface area contributed by atoms with Crippen LogP contribution in [0.2, 0.25) is 5.02 Å². The van der Waals surface area contributed by atoms with E-state index < -0.39 is 0 Å². The molecule has 0 aromatic heterocycles. The van der Waals surface area contributed by atoms with E-state index in [1.54, 1.807) is 12.1 Å². The Labute approximate surface area is 131 Å². The summed E-state index contributed by atoms with van der Waals surface area (Å²) in [5.74, 6) is -0.318. The van der Waals surface area contributed by atoms with Crippen LogP contribution in [0.25, 0.3) is 0 Å². The number of benzene rings is 1. The molecule has 1 aromatic rings. The number of nitrogens with zero attached hydrogens (tertiary/aromatic N) is 1. The van der Waals surface area contributed by atoms with Crippen molar-refractivity contribution in [1.29, 1.82) is 0 Å². The molecular weight excluding hydrogens is 286 g/mol. The Morgan fingerprint density at radius 2 is 2.14 bits per heavy atom. The van der Waals surface area contributed by atoms with Gasteiger partial charge < -0.3 is 9.64 Å². The van der Waals surface area contributed by atoms with Crippen molar-refractivity contribution >= 4 is 23.3 Å². The summed E-state index contributed by atoms with van der Waals surface area (Å²) in [6, 6.07) is 5.31. The maximum Gasteiger partial charge on any atom is 0.339 e. The van der Waals surface area contributed by atoms with Crippen molar-refractivity contribution in [1.82, 2.24) is 0 Å². The number of ether oxygens (including phenoxy) is 1. The summed E-state index contributed by atoms with van der Waals surface area (Å²) in [6.45, 7) is 7.96. The largest absolute Gasteiger partial charge is 0.465 e. The van der Waals surface area contributed by atoms with E-state index in [0.29, 0.717) is 16.0 Å². The first-order valence-electron chi connectivity index (χ1n) is 7.23. The van der Waals surface area contributed by atoms with Crippen LogP contribution in [0.4, 0.5) is 5.69 Å². The van der Waals surface area contributed by atoms with E-state index in [0.717, 1.165) is 38.0 Å². The van der Waals surface area contributed by atoms with Crippen LogP contribution in [0.3, 0.4) is 0 Å². The van der Waals surface area contributed by atoms with Crippen molar-refractivity contribution in [2.75, 3.05) is 25.1 Å². The molecule has 0 N–H and O–H groups in total. The minimum atomic E-state index is -0.318. The maximum atomic E-state index is 11.9. The molecule has 0 saturated carbocycles. The van der Waals surface area contributed by atoms with Gasteiger partial charge in [-0.25, -0.2) is 4.79 Å². The summed E-state index contributed by atoms with van der Waals surface area (Å²) in [5.41, 5.74) is 1.76. The van der Waals surface area contributed by atoms with Gasteiger partial charge in [0.25, 0.3) is 0 Å². The summed E-state index contributed by atoms with van der Waals surface area (Å²) in [4.78, 5) is 14.1. The van der Waals surface area contributed by atoms with Gasteiger partial charge in [0, 0.05) is 18.1 Å². The van der Waals surface area contributed by atoms with E-state index in [9.17, 15) is 4.79 Å². The number of allylic oxidation sites excluding steroid dienone is 1. The molecule has 0 spiro atoms. The van der Waals surface area contributed by atoms with Crippen LogP contribution >= 0.6 is 11.6 Å². The highest BCUT2D eigenvalue weighted by Gasteiger charge is 2.30. The number of rotatable bonds is 4. The molecule has 2 rings (SSSR count). The zero-order valence-electron chi connectivity index (χ0n) is 12.7. The van der Waals surface area contributed by atoms with Gasteiger partial charge in [-0.15, -0.1) is 6.58 Å². The summed E-state index contributed by atoms with van der Waals surface area (Å²) < 4.78 is 4.87. The zero-order valence-corrected chi connectivity index (χ0v) is 13.4. The first-order valence-corrected chi connectivity index (χ1v) is 7.60. The van der Waals surface area contributed by atoms with Crippen LogP contribution < -0.4 is 4.90 Å². The number of hydrogen-bond donors (Lipinski definition) is 0. The fourth-order valence-electron chi connectivity index (χ4n) is 2.89. The molecule has 0 unspecified atom stereocenters. The molecule has 1 fully saturated rings. The van der Waals surface area contributed by atoms with E-state index in [-0.39, 0.29) is 5.97 Å². The Balaban J connectivity index is 2.21. The van der Waals surface area contributed by atoms with Gasteiger partial charge >= 0.3 is 5.97 Å². The number of hydrogen-bond acceptors (Lipinski definition) is 3. The smallest absolute Gasteiger partial charge is 0.339 e. The average molecular weight is 308 g/mol. The second-order valence-corrected chi connectivity index (χ2v) is 6.38. The minimum Gasteiger partial charge on any atom is -0.465 e. The van der Waals surface area contributed by atoms with E-state index in [1.165, 1.54) is 7.11 Å². The molecular formula is C17H22ClNO2. The number of carbonyl (C=O) groups excluding carboxylic acids is 1. The summed E-state index contributed by atoms with van der Waals surface area (Å²) in [7, 11) is 1.40. The molecule has 0 bridgehead atoms. The molecule has 1 aliphatic rings. The lowest BCUT2D eigenvalue weighted by atomic mass is 9.77. The highest BCUT2D eigenvalue weighted by molar-refractivity contribution is 6.31. The number of esters is 1. The number of methoxy groups -OCH3 is 1. The minimum absolute atomic E-state index is 0.308. The third-order valence-electron chi connectivity index (χ3n) is 4.31. The van der Waals surface area contributed by atoms with Crippen molar-refractivity contribution < 1.29 is 9.53 Å². The van der Waals surface area contributed by atoms with Crippen molar-refractivity contribution in [3.05, 3.63) is 41.4 Å². The predicted molar refractivity (Wildman–Crippen MR) is 87.2 cm³/mol. The monoisotopic (exact) mass is 307 g/mol. The third kappa shape index (κ3) is 3.59. The fraction of sp³-hybridized carbons (Fsp3) is 0.471. The second-order valence-electron chi connectivity index (χ2n) is 5.94. The molecule has 1 aromatic carbocycles. The van der Waals surface area contributed by atoms with Gasteiger partial charge in [-0.2, -0.15) is 0 Å². The summed E-state index contributed by atoms with van der Waals surface area (Å²) in [6.07, 6.45) is 5.17. The molecule has 0 amide bonds. The molecule has 0 radical (unpaired) electrons. The van der Waals surface area contributed by atoms with Gasteiger partial charge in [0.15, 0.2) is 0 Å². The van der Waals surface area contributed by atoms with Gasteiger partial charge in [0.2, 0.25) is 0 Å². The number of carbonyl (C=O) groups is 1. The Bertz CT molecular complexity index is 534. The van der Waals surface area contributed by atoms with E-state index >= 15 is 0 Å². The number of halogens is 1. The normalized spacial score (nSPS) is 17.4. The Morgan fingerprint density at radius 3 is 2.71 bits per heavy atom. The van der Waals surface area contributed by atoms with E-state index in [1.807, 2.05) is 12.1 Å². The highest BCUT2D eigenvalue weighted by Crippen LogP contribution is 2.37. The number of anilines is 1. The lowest BCUT2D eigenvalue weighted by Gasteiger charge is -2.40. The molecule has 0 aliphatic carbocycles. The first kappa shape index (κ1) is 15.9. The van der Waals surface area contributed by atoms with Gasteiger partial charge in [-0.05, 0) is 42.9 Å². The lowest BCUT2D eigenvalue weighted by molar-refractivity contribution is 0.0601. The highest BCUT2D eigenvalue weighted by atomic mass is 35.5. The van der Waals surface area contributed by atoms with Crippen LogP contribution in [0, 0.1) is 5.41 Å². The average Bonchev–Trinajstić information content (AvgIpc) is 2.47. The predicted octanol–water partition coefficient (Wildman–Crippen LogP) is 4.31. The molecule has 1 saturated heterocycles. The maximum absolute atomic E-state index is 11.9. The fourth-order valence-corrected chi connectivity index (χ4v) is 3.06. The lowest BCUT2D eigenvalue weighted by Crippen LogP contribution is -2.39. The van der Waals surface area contributed by atoms with Gasteiger partial charge in [-0.1, -0.05) is 24.6 Å². The van der Waals surface area contributed by atoms with Crippen molar-refractivity contribution in [3.63, 3.8) is 0 Å². The Kier molecular flexibility index (Phi) is 4.94. The molecule has 4 heteroatoms. The van der Waals surface area contributed by atoms with Crippen LogP contribution in [0.5, 0.6) is 0 Å². The second kappa shape index (κ2) is 6.52. The van der Waals surface area contributed by atoms with Crippen molar-refractivity contribution in [2.24, 2.45) is 5.41 Å². The Hall–Kier alpha value is -1.48. The molecule has 114 valence electrons. The molecule has 21 heavy (non-hydrogen) atoms. The van der Waals surface area contributed by atoms with Crippen LogP contribution in [0.15, 0.2) is 30.9 Å². The molecule has 3 nitrogen and oxygen atoms in total. The standard InChI is InChI=1S/C17H22ClNO2/c1-4-7-17(2)8-10-19(11-9-17)15-12-13(18)5-6-14(15)16(20)21-3/h4-6,12H,1,7-11H2,2-3H3. The van der Waals surface area contributed by atoms with Crippen LogP contribution in [-0.2, 0) is 4.74 Å². The Morgan fingerprint density at radius 1 is 1.48 bits per heavy atom. The summed E-state index contributed by atoms with van der Waals surface area (Å²) in [5, 5.41) is 0.636. The van der Waals surface area contributed by atoms with E-state index in [4.69, 9.17) is 16.3 Å². The SMILES string of the molecule is C=CCC1(C)CCN(c2cc(Cl)ccc2C(=O)OC)CC1. The van der Waals surface area contributed by atoms with Crippen molar-refractivity contribution in [2.45, 2.75) is 26.2 Å². The molecule has 0 atom stereocenters. The van der Waals surface area contributed by atoms with Gasteiger partial charge in [0.1, 0.15) is 0 Å². The van der Waals surface area contributed by atoms with Gasteiger partial charge in [0.05, 0.1) is 18.4 Å². The topological polar surface area (TPSA) is 29.5 Å². The van der Waals surface area contributed by atoms with E-state index in [2.05, 4.69) is 18.4 Å². The molecule has 1 aliphatic heterocycles. The third-order valence-corrected chi connectivity index (χ3v) is 4.55. The zero-order chi connectivity index (χ0) is 15.5. The van der Waals surface area contributed by atoms with Crippen LogP contribution in [0.1, 0.15) is 36.5 Å². The van der Waals surface area contributed by atoms with Gasteiger partial charge in [-0.3, -0.25) is 0 Å². The summed E-state index contributed by atoms with van der Waals surface area (Å²) >= 11 is 6.10. The quantitative estimate of drug-likeness (QED) is 0.613. The first-order chi connectivity index (χ1) is 9.99. The van der Waals surface area contributed by atoms with Crippen molar-refractivity contribution in [3.8, 4) is 0 Å². The molecule has 1 heterocycles. The van der Waals surface area contributed by atoms with Crippen LogP contribution in [-0.4, -0.2) is 26.2 Å².